The summed E-state index contributed by atoms with van der Waals surface area (Å²) in [6.45, 7) is 6.53. The fraction of sp³-hybridized carbons (Fsp3) is 0.286. The van der Waals surface area contributed by atoms with Crippen molar-refractivity contribution in [3.63, 3.8) is 0 Å². The fourth-order valence-electron chi connectivity index (χ4n) is 3.19. The second kappa shape index (κ2) is 7.44. The molecule has 2 heterocycles. The van der Waals surface area contributed by atoms with E-state index in [0.717, 1.165) is 43.9 Å². The predicted molar refractivity (Wildman–Crippen MR) is 116 cm³/mol. The van der Waals surface area contributed by atoms with Crippen LogP contribution in [0.2, 0.25) is 0 Å². The van der Waals surface area contributed by atoms with Gasteiger partial charge in [-0.3, -0.25) is 9.00 Å². The maximum atomic E-state index is 12.8. The van der Waals surface area contributed by atoms with Gasteiger partial charge in [-0.25, -0.2) is 4.98 Å². The van der Waals surface area contributed by atoms with Crippen LogP contribution in [0.25, 0.3) is 10.2 Å². The number of hydrogen-bond acceptors (Lipinski definition) is 4. The average Bonchev–Trinajstić information content (AvgIpc) is 2.98. The fourth-order valence-corrected chi connectivity index (χ4v) is 5.21. The summed E-state index contributed by atoms with van der Waals surface area (Å²) in [5, 5.41) is 4.11. The normalized spacial score (nSPS) is 13.5. The molecule has 1 atom stereocenters. The number of carbonyl (C=O) groups is 1. The van der Waals surface area contributed by atoms with Gasteiger partial charge < -0.3 is 5.32 Å². The molecule has 3 rings (SSSR count). The van der Waals surface area contributed by atoms with Crippen LogP contribution in [0, 0.1) is 13.8 Å². The van der Waals surface area contributed by atoms with E-state index in [1.807, 2.05) is 31.2 Å². The molecule has 0 saturated heterocycles. The number of benzene rings is 1. The van der Waals surface area contributed by atoms with E-state index in [4.69, 9.17) is 0 Å². The van der Waals surface area contributed by atoms with Gasteiger partial charge in [-0.15, -0.1) is 11.3 Å². The number of rotatable bonds is 5. The SMILES string of the molecule is C=S(C)(=O)c1ccc(CNC(=O)c2sc3nc(C)cc(C)c3c2CC)cc1. The molecule has 1 unspecified atom stereocenters. The van der Waals surface area contributed by atoms with Gasteiger partial charge in [0.2, 0.25) is 0 Å². The third-order valence-electron chi connectivity index (χ3n) is 4.52. The Hall–Kier alpha value is -2.18. The molecule has 6 heteroatoms. The van der Waals surface area contributed by atoms with Crippen LogP contribution in [0.5, 0.6) is 0 Å². The Bertz CT molecular complexity index is 1110. The summed E-state index contributed by atoms with van der Waals surface area (Å²) in [6, 6.07) is 9.44. The average molecular weight is 401 g/mol. The lowest BCUT2D eigenvalue weighted by Crippen LogP contribution is -2.22. The molecule has 0 aliphatic rings. The van der Waals surface area contributed by atoms with Crippen LogP contribution in [0.4, 0.5) is 0 Å². The molecule has 0 spiro atoms. The summed E-state index contributed by atoms with van der Waals surface area (Å²) in [6.07, 6.45) is 2.41. The van der Waals surface area contributed by atoms with Gasteiger partial charge in [0, 0.05) is 28.8 Å². The van der Waals surface area contributed by atoms with E-state index in [9.17, 15) is 9.00 Å². The van der Waals surface area contributed by atoms with Crippen LogP contribution in [0.3, 0.4) is 0 Å². The van der Waals surface area contributed by atoms with Gasteiger partial charge in [0.05, 0.1) is 4.88 Å². The Balaban J connectivity index is 1.83. The molecular weight excluding hydrogens is 376 g/mol. The Morgan fingerprint density at radius 2 is 1.93 bits per heavy atom. The smallest absolute Gasteiger partial charge is 0.262 e. The van der Waals surface area contributed by atoms with Gasteiger partial charge in [-0.1, -0.05) is 19.1 Å². The van der Waals surface area contributed by atoms with Gasteiger partial charge in [0.25, 0.3) is 5.91 Å². The van der Waals surface area contributed by atoms with E-state index < -0.39 is 9.52 Å². The quantitative estimate of drug-likeness (QED) is 0.656. The van der Waals surface area contributed by atoms with Crippen LogP contribution in [-0.4, -0.2) is 27.2 Å². The number of aryl methyl sites for hydroxylation is 3. The molecule has 0 bridgehead atoms. The zero-order valence-electron chi connectivity index (χ0n) is 16.1. The minimum absolute atomic E-state index is 0.0765. The first-order valence-electron chi connectivity index (χ1n) is 8.79. The third kappa shape index (κ3) is 4.06. The van der Waals surface area contributed by atoms with Crippen molar-refractivity contribution in [2.24, 2.45) is 0 Å². The molecule has 0 fully saturated rings. The summed E-state index contributed by atoms with van der Waals surface area (Å²) in [5.74, 6) is 3.61. The van der Waals surface area contributed by atoms with Crippen LogP contribution < -0.4 is 5.32 Å². The molecule has 1 N–H and O–H groups in total. The maximum Gasteiger partial charge on any atom is 0.262 e. The standard InChI is InChI=1S/C21H24N2O2S2/c1-6-17-18-13(2)11-14(3)23-21(18)26-19(17)20(24)22-12-15-7-9-16(10-8-15)27(4,5)25/h7-11H,4,6,12H2,1-3,5H3,(H,22,24). The number of amides is 1. The maximum absolute atomic E-state index is 12.8. The van der Waals surface area contributed by atoms with E-state index in [1.54, 1.807) is 6.26 Å². The second-order valence-corrected chi connectivity index (χ2v) is 10.3. The number of thiophene rings is 1. The van der Waals surface area contributed by atoms with Crippen molar-refractivity contribution >= 4 is 42.9 Å². The van der Waals surface area contributed by atoms with Crippen LogP contribution >= 0.6 is 11.3 Å². The van der Waals surface area contributed by atoms with Crippen LogP contribution in [0.15, 0.2) is 35.2 Å². The number of hydrogen-bond donors (Lipinski definition) is 1. The zero-order chi connectivity index (χ0) is 19.8. The lowest BCUT2D eigenvalue weighted by atomic mass is 10.0. The molecule has 0 radical (unpaired) electrons. The Morgan fingerprint density at radius 3 is 2.52 bits per heavy atom. The van der Waals surface area contributed by atoms with Crippen molar-refractivity contribution in [3.05, 3.63) is 57.6 Å². The molecule has 4 nitrogen and oxygen atoms in total. The molecule has 0 aliphatic heterocycles. The first-order valence-corrected chi connectivity index (χ1v) is 11.7. The Morgan fingerprint density at radius 1 is 1.26 bits per heavy atom. The van der Waals surface area contributed by atoms with Gasteiger partial charge in [0.15, 0.2) is 0 Å². The molecular formula is C21H24N2O2S2. The van der Waals surface area contributed by atoms with E-state index in [0.29, 0.717) is 11.4 Å². The molecule has 2 aromatic heterocycles. The monoisotopic (exact) mass is 400 g/mol. The van der Waals surface area contributed by atoms with Crippen molar-refractivity contribution in [3.8, 4) is 0 Å². The van der Waals surface area contributed by atoms with Crippen molar-refractivity contribution in [1.82, 2.24) is 10.3 Å². The summed E-state index contributed by atoms with van der Waals surface area (Å²) in [7, 11) is -2.22. The van der Waals surface area contributed by atoms with E-state index in [1.165, 1.54) is 11.3 Å². The highest BCUT2D eigenvalue weighted by atomic mass is 32.2. The van der Waals surface area contributed by atoms with Gasteiger partial charge in [0.1, 0.15) is 4.83 Å². The van der Waals surface area contributed by atoms with Crippen LogP contribution in [0.1, 0.15) is 39.0 Å². The van der Waals surface area contributed by atoms with Crippen molar-refractivity contribution in [1.29, 1.82) is 0 Å². The molecule has 1 aromatic carbocycles. The minimum atomic E-state index is -2.22. The summed E-state index contributed by atoms with van der Waals surface area (Å²) in [4.78, 5) is 19.8. The van der Waals surface area contributed by atoms with Crippen LogP contribution in [-0.2, 0) is 22.5 Å². The lowest BCUT2D eigenvalue weighted by molar-refractivity contribution is 0.0954. The number of aromatic nitrogens is 1. The summed E-state index contributed by atoms with van der Waals surface area (Å²) in [5.41, 5.74) is 4.15. The molecule has 1 amide bonds. The highest BCUT2D eigenvalue weighted by molar-refractivity contribution is 7.99. The molecule has 3 aromatic rings. The Labute approximate surface area is 164 Å². The van der Waals surface area contributed by atoms with Gasteiger partial charge >= 0.3 is 0 Å². The molecule has 0 aliphatic carbocycles. The summed E-state index contributed by atoms with van der Waals surface area (Å²) >= 11 is 1.46. The van der Waals surface area contributed by atoms with Crippen molar-refractivity contribution in [2.45, 2.75) is 38.6 Å². The van der Waals surface area contributed by atoms with E-state index in [2.05, 4.69) is 36.1 Å². The lowest BCUT2D eigenvalue weighted by Gasteiger charge is -2.08. The summed E-state index contributed by atoms with van der Waals surface area (Å²) < 4.78 is 12.0. The predicted octanol–water partition coefficient (Wildman–Crippen LogP) is 4.11. The molecule has 27 heavy (non-hydrogen) atoms. The topological polar surface area (TPSA) is 59.1 Å². The number of nitrogens with zero attached hydrogens (tertiary/aromatic N) is 1. The number of pyridine rings is 1. The highest BCUT2D eigenvalue weighted by Crippen LogP contribution is 2.33. The van der Waals surface area contributed by atoms with Crippen molar-refractivity contribution < 1.29 is 9.00 Å². The largest absolute Gasteiger partial charge is 0.347 e. The first-order chi connectivity index (χ1) is 12.7. The second-order valence-electron chi connectivity index (χ2n) is 6.86. The number of carbonyl (C=O) groups excluding carboxylic acids is 1. The van der Waals surface area contributed by atoms with Crippen molar-refractivity contribution in [2.75, 3.05) is 6.26 Å². The third-order valence-corrected chi connectivity index (χ3v) is 6.91. The Kier molecular flexibility index (Phi) is 5.40. The molecule has 142 valence electrons. The number of fused-ring (bicyclic) bond motifs is 1. The minimum Gasteiger partial charge on any atom is -0.347 e. The highest BCUT2D eigenvalue weighted by Gasteiger charge is 2.19. The molecule has 0 saturated carbocycles. The van der Waals surface area contributed by atoms with Gasteiger partial charge in [-0.2, -0.15) is 0 Å². The zero-order valence-corrected chi connectivity index (χ0v) is 17.7. The van der Waals surface area contributed by atoms with Gasteiger partial charge in [-0.05, 0) is 70.5 Å². The van der Waals surface area contributed by atoms with E-state index in [-0.39, 0.29) is 5.91 Å². The van der Waals surface area contributed by atoms with E-state index >= 15 is 0 Å². The number of nitrogens with one attached hydrogen (secondary N) is 1. The first kappa shape index (κ1) is 19.6.